The SMILES string of the molecule is CCCCCCCCCCCCCCOC(C)c1ccc(-c2ccc(OCCCCCCCCCCC)cc2)cc1. The molecule has 41 heavy (non-hydrogen) atoms. The van der Waals surface area contributed by atoms with Crippen molar-refractivity contribution in [3.05, 3.63) is 54.1 Å². The van der Waals surface area contributed by atoms with Crippen LogP contribution in [-0.2, 0) is 4.74 Å². The molecule has 1 atom stereocenters. The molecule has 0 aliphatic carbocycles. The molecule has 2 nitrogen and oxygen atoms in total. The first-order chi connectivity index (χ1) is 20.2. The van der Waals surface area contributed by atoms with E-state index < -0.39 is 0 Å². The van der Waals surface area contributed by atoms with Gasteiger partial charge in [-0.15, -0.1) is 0 Å². The molecule has 0 aromatic heterocycles. The van der Waals surface area contributed by atoms with Crippen molar-refractivity contribution in [2.45, 2.75) is 162 Å². The molecule has 0 N–H and O–H groups in total. The van der Waals surface area contributed by atoms with Crippen molar-refractivity contribution in [2.24, 2.45) is 0 Å². The lowest BCUT2D eigenvalue weighted by Gasteiger charge is -2.14. The Morgan fingerprint density at radius 3 is 1.24 bits per heavy atom. The van der Waals surface area contributed by atoms with Gasteiger partial charge in [0.25, 0.3) is 0 Å². The molecule has 2 heteroatoms. The van der Waals surface area contributed by atoms with Crippen molar-refractivity contribution in [3.63, 3.8) is 0 Å². The van der Waals surface area contributed by atoms with Crippen LogP contribution in [0.4, 0.5) is 0 Å². The summed E-state index contributed by atoms with van der Waals surface area (Å²) >= 11 is 0. The zero-order chi connectivity index (χ0) is 29.2. The molecule has 0 fully saturated rings. The number of hydrogen-bond acceptors (Lipinski definition) is 2. The van der Waals surface area contributed by atoms with Crippen molar-refractivity contribution in [1.82, 2.24) is 0 Å². The maximum atomic E-state index is 6.15. The van der Waals surface area contributed by atoms with Gasteiger partial charge >= 0.3 is 0 Å². The molecule has 2 aromatic rings. The predicted octanol–water partition coefficient (Wildman–Crippen LogP) is 13.0. The first-order valence-corrected chi connectivity index (χ1v) is 17.7. The van der Waals surface area contributed by atoms with Gasteiger partial charge in [-0.25, -0.2) is 0 Å². The number of ether oxygens (including phenoxy) is 2. The average molecular weight is 565 g/mol. The number of unbranched alkanes of at least 4 members (excludes halogenated alkanes) is 19. The molecule has 0 aliphatic rings. The zero-order valence-corrected chi connectivity index (χ0v) is 27.3. The van der Waals surface area contributed by atoms with Gasteiger partial charge in [0.1, 0.15) is 5.75 Å². The summed E-state index contributed by atoms with van der Waals surface area (Å²) < 4.78 is 12.1. The monoisotopic (exact) mass is 564 g/mol. The van der Waals surface area contributed by atoms with Crippen LogP contribution < -0.4 is 4.74 Å². The van der Waals surface area contributed by atoms with Crippen LogP contribution in [0, 0.1) is 0 Å². The van der Waals surface area contributed by atoms with Gasteiger partial charge in [0.2, 0.25) is 0 Å². The summed E-state index contributed by atoms with van der Waals surface area (Å²) in [5, 5.41) is 0. The Labute approximate surface area is 255 Å². The summed E-state index contributed by atoms with van der Waals surface area (Å²) in [6, 6.07) is 17.4. The molecule has 0 heterocycles. The first-order valence-electron chi connectivity index (χ1n) is 17.7. The van der Waals surface area contributed by atoms with E-state index in [0.29, 0.717) is 0 Å². The first kappa shape index (κ1) is 35.4. The largest absolute Gasteiger partial charge is 0.494 e. The van der Waals surface area contributed by atoms with Gasteiger partial charge in [-0.1, -0.05) is 172 Å². The molecule has 232 valence electrons. The molecule has 0 amide bonds. The van der Waals surface area contributed by atoms with Crippen LogP contribution in [0.1, 0.15) is 167 Å². The second-order valence-corrected chi connectivity index (χ2v) is 12.2. The van der Waals surface area contributed by atoms with Gasteiger partial charge in [0.15, 0.2) is 0 Å². The Morgan fingerprint density at radius 1 is 0.439 bits per heavy atom. The van der Waals surface area contributed by atoms with Gasteiger partial charge < -0.3 is 9.47 Å². The number of rotatable bonds is 27. The third kappa shape index (κ3) is 17.7. The Hall–Kier alpha value is -1.80. The maximum Gasteiger partial charge on any atom is 0.119 e. The van der Waals surface area contributed by atoms with Crippen LogP contribution in [0.5, 0.6) is 5.75 Å². The van der Waals surface area contributed by atoms with Crippen molar-refractivity contribution < 1.29 is 9.47 Å². The normalized spacial score (nSPS) is 12.1. The molecule has 0 radical (unpaired) electrons. The van der Waals surface area contributed by atoms with E-state index in [1.54, 1.807) is 0 Å². The minimum atomic E-state index is 0.147. The van der Waals surface area contributed by atoms with E-state index in [4.69, 9.17) is 9.47 Å². The van der Waals surface area contributed by atoms with Crippen molar-refractivity contribution in [3.8, 4) is 16.9 Å². The van der Waals surface area contributed by atoms with E-state index in [1.807, 2.05) is 0 Å². The van der Waals surface area contributed by atoms with Crippen LogP contribution in [0.2, 0.25) is 0 Å². The Balaban J connectivity index is 1.52. The molecular weight excluding hydrogens is 500 g/mol. The quantitative estimate of drug-likeness (QED) is 0.100. The highest BCUT2D eigenvalue weighted by Crippen LogP contribution is 2.26. The minimum Gasteiger partial charge on any atom is -0.494 e. The van der Waals surface area contributed by atoms with Gasteiger partial charge in [0.05, 0.1) is 12.7 Å². The van der Waals surface area contributed by atoms with Gasteiger partial charge in [-0.3, -0.25) is 0 Å². The van der Waals surface area contributed by atoms with Crippen LogP contribution in [0.15, 0.2) is 48.5 Å². The molecule has 0 spiro atoms. The fourth-order valence-electron chi connectivity index (χ4n) is 5.59. The van der Waals surface area contributed by atoms with Crippen molar-refractivity contribution in [2.75, 3.05) is 13.2 Å². The highest BCUT2D eigenvalue weighted by atomic mass is 16.5. The molecular formula is C39H64O2. The minimum absolute atomic E-state index is 0.147. The topological polar surface area (TPSA) is 18.5 Å². The van der Waals surface area contributed by atoms with E-state index in [0.717, 1.165) is 25.4 Å². The molecule has 2 rings (SSSR count). The van der Waals surface area contributed by atoms with Gasteiger partial charge in [-0.2, -0.15) is 0 Å². The average Bonchev–Trinajstić information content (AvgIpc) is 3.00. The summed E-state index contributed by atoms with van der Waals surface area (Å²) in [6.45, 7) is 8.43. The third-order valence-corrected chi connectivity index (χ3v) is 8.45. The Bertz CT molecular complexity index is 826. The summed E-state index contributed by atoms with van der Waals surface area (Å²) in [6.07, 6.45) is 28.8. The smallest absolute Gasteiger partial charge is 0.119 e. The Kier molecular flexibility index (Phi) is 21.4. The van der Waals surface area contributed by atoms with E-state index >= 15 is 0 Å². The van der Waals surface area contributed by atoms with Crippen molar-refractivity contribution >= 4 is 0 Å². The summed E-state index contributed by atoms with van der Waals surface area (Å²) in [4.78, 5) is 0. The molecule has 2 aromatic carbocycles. The van der Waals surface area contributed by atoms with E-state index in [2.05, 4.69) is 69.3 Å². The van der Waals surface area contributed by atoms with Crippen molar-refractivity contribution in [1.29, 1.82) is 0 Å². The van der Waals surface area contributed by atoms with Crippen LogP contribution in [-0.4, -0.2) is 13.2 Å². The van der Waals surface area contributed by atoms with Gasteiger partial charge in [0, 0.05) is 6.61 Å². The summed E-state index contributed by atoms with van der Waals surface area (Å²) in [5.41, 5.74) is 3.73. The van der Waals surface area contributed by atoms with E-state index in [9.17, 15) is 0 Å². The third-order valence-electron chi connectivity index (χ3n) is 8.45. The molecule has 0 bridgehead atoms. The van der Waals surface area contributed by atoms with E-state index in [1.165, 1.54) is 145 Å². The van der Waals surface area contributed by atoms with Crippen LogP contribution >= 0.6 is 0 Å². The fraction of sp³-hybridized carbons (Fsp3) is 0.692. The van der Waals surface area contributed by atoms with Crippen LogP contribution in [0.25, 0.3) is 11.1 Å². The molecule has 0 saturated heterocycles. The summed E-state index contributed by atoms with van der Waals surface area (Å²) in [7, 11) is 0. The maximum absolute atomic E-state index is 6.15. The zero-order valence-electron chi connectivity index (χ0n) is 27.3. The second-order valence-electron chi connectivity index (χ2n) is 12.2. The highest BCUT2D eigenvalue weighted by molar-refractivity contribution is 5.64. The Morgan fingerprint density at radius 2 is 0.805 bits per heavy atom. The highest BCUT2D eigenvalue weighted by Gasteiger charge is 2.07. The summed E-state index contributed by atoms with van der Waals surface area (Å²) in [5.74, 6) is 0.977. The molecule has 0 saturated carbocycles. The van der Waals surface area contributed by atoms with E-state index in [-0.39, 0.29) is 6.10 Å². The lowest BCUT2D eigenvalue weighted by atomic mass is 10.0. The fourth-order valence-corrected chi connectivity index (χ4v) is 5.59. The number of benzene rings is 2. The van der Waals surface area contributed by atoms with Gasteiger partial charge in [-0.05, 0) is 48.6 Å². The molecule has 0 aliphatic heterocycles. The standard InChI is InChI=1S/C39H64O2/c1-4-6-8-10-12-14-15-16-18-19-21-23-33-40-35(3)36-25-27-37(28-26-36)38-29-31-39(32-30-38)41-34-24-22-20-17-13-11-9-7-5-2/h25-32,35H,4-24,33-34H2,1-3H3. The van der Waals surface area contributed by atoms with Crippen LogP contribution in [0.3, 0.4) is 0 Å². The second kappa shape index (κ2) is 24.8. The number of hydrogen-bond donors (Lipinski definition) is 0. The lowest BCUT2D eigenvalue weighted by Crippen LogP contribution is -2.01. The lowest BCUT2D eigenvalue weighted by molar-refractivity contribution is 0.0627. The molecule has 1 unspecified atom stereocenters. The predicted molar refractivity (Wildman–Crippen MR) is 180 cm³/mol.